The summed E-state index contributed by atoms with van der Waals surface area (Å²) in [5, 5.41) is 2.99. The maximum Gasteiger partial charge on any atom is 0.242 e. The van der Waals surface area contributed by atoms with Crippen molar-refractivity contribution >= 4 is 39.1 Å². The summed E-state index contributed by atoms with van der Waals surface area (Å²) >= 11 is 11.9. The number of halogens is 2. The molecule has 2 rings (SSSR count). The number of benzene rings is 2. The zero-order chi connectivity index (χ0) is 20.7. The molecular formula is C19H22Cl2N2O4S. The molecule has 2 aromatic rings. The highest BCUT2D eigenvalue weighted by molar-refractivity contribution is 7.89. The van der Waals surface area contributed by atoms with Crippen molar-refractivity contribution in [3.05, 3.63) is 64.1 Å². The first-order chi connectivity index (χ1) is 13.2. The number of sulfonamides is 1. The van der Waals surface area contributed by atoms with Crippen LogP contribution in [0.15, 0.2) is 53.4 Å². The number of carbonyl (C=O) groups excluding carboxylic acids is 1. The van der Waals surface area contributed by atoms with E-state index in [1.807, 2.05) is 30.3 Å². The van der Waals surface area contributed by atoms with Crippen molar-refractivity contribution in [3.8, 4) is 0 Å². The average molecular weight is 445 g/mol. The van der Waals surface area contributed by atoms with Crippen molar-refractivity contribution in [2.45, 2.75) is 30.3 Å². The van der Waals surface area contributed by atoms with Crippen LogP contribution in [-0.4, -0.2) is 40.1 Å². The first kappa shape index (κ1) is 22.6. The third-order valence-electron chi connectivity index (χ3n) is 3.88. The fraction of sp³-hybridized carbons (Fsp3) is 0.316. The van der Waals surface area contributed by atoms with Crippen LogP contribution in [0.2, 0.25) is 10.0 Å². The summed E-state index contributed by atoms with van der Waals surface area (Å²) in [5.41, 5.74) is 0.807. The van der Waals surface area contributed by atoms with E-state index in [-0.39, 0.29) is 27.4 Å². The lowest BCUT2D eigenvalue weighted by Gasteiger charge is -2.21. The van der Waals surface area contributed by atoms with Crippen molar-refractivity contribution in [2.75, 3.05) is 13.7 Å². The second-order valence-electron chi connectivity index (χ2n) is 6.30. The van der Waals surface area contributed by atoms with Crippen molar-refractivity contribution in [1.29, 1.82) is 0 Å². The molecule has 0 saturated heterocycles. The second kappa shape index (κ2) is 10.2. The first-order valence-corrected chi connectivity index (χ1v) is 10.8. The fourth-order valence-electron chi connectivity index (χ4n) is 2.61. The van der Waals surface area contributed by atoms with Gasteiger partial charge in [-0.3, -0.25) is 4.79 Å². The lowest BCUT2D eigenvalue weighted by Crippen LogP contribution is -2.50. The molecule has 28 heavy (non-hydrogen) atoms. The molecule has 2 N–H and O–H groups in total. The van der Waals surface area contributed by atoms with Gasteiger partial charge in [-0.15, -0.1) is 0 Å². The van der Waals surface area contributed by atoms with E-state index in [1.165, 1.54) is 25.3 Å². The Labute approximate surface area is 175 Å². The Balaban J connectivity index is 2.29. The number of amides is 1. The van der Waals surface area contributed by atoms with Gasteiger partial charge in [-0.2, -0.15) is 4.72 Å². The predicted octanol–water partition coefficient (Wildman–Crippen LogP) is 3.03. The molecular weight excluding hydrogens is 423 g/mol. The van der Waals surface area contributed by atoms with Gasteiger partial charge in [0.15, 0.2) is 0 Å². The Morgan fingerprint density at radius 2 is 1.82 bits per heavy atom. The van der Waals surface area contributed by atoms with Crippen molar-refractivity contribution in [3.63, 3.8) is 0 Å². The number of methoxy groups -OCH3 is 1. The SMILES string of the molecule is COC[C@H](C)NC(=O)[C@@H](Cc1ccccc1)NS(=O)(=O)c1cc(Cl)ccc1Cl. The normalized spacial score (nSPS) is 13.7. The van der Waals surface area contributed by atoms with Gasteiger partial charge < -0.3 is 10.1 Å². The van der Waals surface area contributed by atoms with E-state index in [0.717, 1.165) is 5.56 Å². The number of carbonyl (C=O) groups is 1. The summed E-state index contributed by atoms with van der Waals surface area (Å²) in [6.45, 7) is 2.07. The Bertz CT molecular complexity index is 907. The van der Waals surface area contributed by atoms with Crippen LogP contribution in [-0.2, 0) is 26.0 Å². The molecule has 0 aliphatic carbocycles. The third kappa shape index (κ3) is 6.46. The standard InChI is InChI=1S/C19H22Cl2N2O4S/c1-13(12-27-2)22-19(24)17(10-14-6-4-3-5-7-14)23-28(25,26)18-11-15(20)8-9-16(18)21/h3-9,11,13,17,23H,10,12H2,1-2H3,(H,22,24)/t13-,17+/m0/s1. The molecule has 1 amide bonds. The molecule has 2 aromatic carbocycles. The molecule has 152 valence electrons. The molecule has 0 spiro atoms. The summed E-state index contributed by atoms with van der Waals surface area (Å²) in [4.78, 5) is 12.6. The van der Waals surface area contributed by atoms with Crippen LogP contribution in [0.5, 0.6) is 0 Å². The highest BCUT2D eigenvalue weighted by atomic mass is 35.5. The number of ether oxygens (including phenoxy) is 1. The van der Waals surface area contributed by atoms with Crippen LogP contribution in [0.1, 0.15) is 12.5 Å². The molecule has 0 aliphatic heterocycles. The van der Waals surface area contributed by atoms with Crippen LogP contribution in [0.3, 0.4) is 0 Å². The van der Waals surface area contributed by atoms with Gasteiger partial charge in [0.1, 0.15) is 10.9 Å². The summed E-state index contributed by atoms with van der Waals surface area (Å²) < 4.78 is 33.2. The van der Waals surface area contributed by atoms with E-state index in [9.17, 15) is 13.2 Å². The molecule has 0 radical (unpaired) electrons. The highest BCUT2D eigenvalue weighted by Crippen LogP contribution is 2.25. The lowest BCUT2D eigenvalue weighted by molar-refractivity contribution is -0.123. The number of hydrogen-bond acceptors (Lipinski definition) is 4. The van der Waals surface area contributed by atoms with Gasteiger partial charge in [-0.25, -0.2) is 8.42 Å². The van der Waals surface area contributed by atoms with E-state index in [4.69, 9.17) is 27.9 Å². The molecule has 0 saturated carbocycles. The van der Waals surface area contributed by atoms with E-state index < -0.39 is 22.0 Å². The summed E-state index contributed by atoms with van der Waals surface area (Å²) in [5.74, 6) is -0.463. The van der Waals surface area contributed by atoms with Crippen molar-refractivity contribution in [2.24, 2.45) is 0 Å². The minimum Gasteiger partial charge on any atom is -0.383 e. The number of nitrogens with one attached hydrogen (secondary N) is 2. The van der Waals surface area contributed by atoms with Gasteiger partial charge in [-0.05, 0) is 37.1 Å². The monoisotopic (exact) mass is 444 g/mol. The van der Waals surface area contributed by atoms with E-state index in [2.05, 4.69) is 10.0 Å². The molecule has 0 heterocycles. The van der Waals surface area contributed by atoms with Crippen LogP contribution in [0, 0.1) is 0 Å². The third-order valence-corrected chi connectivity index (χ3v) is 6.07. The van der Waals surface area contributed by atoms with Gasteiger partial charge in [-0.1, -0.05) is 53.5 Å². The molecule has 0 bridgehead atoms. The summed E-state index contributed by atoms with van der Waals surface area (Å²) in [7, 11) is -2.56. The Kier molecular flexibility index (Phi) is 8.27. The van der Waals surface area contributed by atoms with Gasteiger partial charge in [0.05, 0.1) is 11.6 Å². The smallest absolute Gasteiger partial charge is 0.242 e. The maximum atomic E-state index is 12.9. The minimum absolute atomic E-state index is 0.0171. The molecule has 6 nitrogen and oxygen atoms in total. The van der Waals surface area contributed by atoms with E-state index in [0.29, 0.717) is 6.61 Å². The zero-order valence-corrected chi connectivity index (χ0v) is 17.8. The van der Waals surface area contributed by atoms with Crippen molar-refractivity contribution in [1.82, 2.24) is 10.0 Å². The van der Waals surface area contributed by atoms with Gasteiger partial charge in [0.2, 0.25) is 15.9 Å². The first-order valence-electron chi connectivity index (χ1n) is 8.53. The highest BCUT2D eigenvalue weighted by Gasteiger charge is 2.28. The average Bonchev–Trinajstić information content (AvgIpc) is 2.64. The second-order valence-corrected chi connectivity index (χ2v) is 8.83. The molecule has 9 heteroatoms. The Morgan fingerprint density at radius 1 is 1.14 bits per heavy atom. The van der Waals surface area contributed by atoms with Crippen LogP contribution < -0.4 is 10.0 Å². The van der Waals surface area contributed by atoms with Crippen LogP contribution >= 0.6 is 23.2 Å². The predicted molar refractivity (Wildman–Crippen MR) is 110 cm³/mol. The molecule has 2 atom stereocenters. The van der Waals surface area contributed by atoms with Crippen LogP contribution in [0.25, 0.3) is 0 Å². The quantitative estimate of drug-likeness (QED) is 0.622. The van der Waals surface area contributed by atoms with E-state index in [1.54, 1.807) is 6.92 Å². The summed E-state index contributed by atoms with van der Waals surface area (Å²) in [6.07, 6.45) is 0.170. The Morgan fingerprint density at radius 3 is 2.46 bits per heavy atom. The van der Waals surface area contributed by atoms with Gasteiger partial charge >= 0.3 is 0 Å². The largest absolute Gasteiger partial charge is 0.383 e. The maximum absolute atomic E-state index is 12.9. The minimum atomic E-state index is -4.08. The molecule has 0 aliphatic rings. The van der Waals surface area contributed by atoms with E-state index >= 15 is 0 Å². The number of rotatable bonds is 9. The molecule has 0 fully saturated rings. The summed E-state index contributed by atoms with van der Waals surface area (Å²) in [6, 6.07) is 11.9. The molecule has 0 unspecified atom stereocenters. The van der Waals surface area contributed by atoms with Crippen molar-refractivity contribution < 1.29 is 17.9 Å². The zero-order valence-electron chi connectivity index (χ0n) is 15.5. The topological polar surface area (TPSA) is 84.5 Å². The molecule has 0 aromatic heterocycles. The lowest BCUT2D eigenvalue weighted by atomic mass is 10.1. The van der Waals surface area contributed by atoms with Crippen LogP contribution in [0.4, 0.5) is 0 Å². The van der Waals surface area contributed by atoms with Gasteiger partial charge in [0.25, 0.3) is 0 Å². The fourth-order valence-corrected chi connectivity index (χ4v) is 4.56. The van der Waals surface area contributed by atoms with Gasteiger partial charge in [0, 0.05) is 18.2 Å². The Hall–Kier alpha value is -1.64. The number of hydrogen-bond donors (Lipinski definition) is 2.